The number of ketones is 2. The first kappa shape index (κ1) is 32.6. The molecule has 0 aliphatic heterocycles. The lowest BCUT2D eigenvalue weighted by molar-refractivity contribution is -0.148. The van der Waals surface area contributed by atoms with Gasteiger partial charge in [0.15, 0.2) is 11.4 Å². The van der Waals surface area contributed by atoms with Gasteiger partial charge in [0.2, 0.25) is 5.78 Å². The lowest BCUT2D eigenvalue weighted by Crippen LogP contribution is -2.63. The Morgan fingerprint density at radius 3 is 2.34 bits per heavy atom. The van der Waals surface area contributed by atoms with Crippen LogP contribution in [0.5, 0.6) is 0 Å². The summed E-state index contributed by atoms with van der Waals surface area (Å²) >= 11 is 0. The molecule has 1 aromatic rings. The van der Waals surface area contributed by atoms with Gasteiger partial charge < -0.3 is 36.0 Å². The predicted octanol–water partition coefficient (Wildman–Crippen LogP) is 2.15. The number of aliphatic hydroxyl groups excluding tert-OH is 2. The molecule has 1 aromatic carbocycles. The highest BCUT2D eigenvalue weighted by molar-refractivity contribution is 6.25. The van der Waals surface area contributed by atoms with E-state index in [1.165, 1.54) is 4.90 Å². The van der Waals surface area contributed by atoms with E-state index in [9.17, 15) is 39.4 Å². The van der Waals surface area contributed by atoms with Gasteiger partial charge in [0.05, 0.1) is 18.2 Å². The second-order valence-electron chi connectivity index (χ2n) is 13.2. The third-order valence-electron chi connectivity index (χ3n) is 8.41. The molecule has 44 heavy (non-hydrogen) atoms. The standard InChI is InChI=1S/C30H39N5O9/c1-29(2,3)12-44-28(41)32-11-14-10-17(34(4)5)15-8-13-9-16-22(35(6)7)24(37)20(27(31)40)26(39)30(16,42)25(38)18(13)23(36)19(15)21(14)33-43/h10,13,16,22,37-38,42H,8-9,11-12H2,1-7H3,(H2,31,40)(H,32,41)/t13-,16-,22-,30-/m0/s1. The van der Waals surface area contributed by atoms with Crippen LogP contribution in [-0.2, 0) is 27.3 Å². The van der Waals surface area contributed by atoms with Crippen molar-refractivity contribution in [1.29, 1.82) is 0 Å². The number of Topliss-reactive ketones (excluding diaryl/α,β-unsaturated/α-hetero) is 2. The predicted molar refractivity (Wildman–Crippen MR) is 159 cm³/mol. The SMILES string of the molecule is CN(C)c1cc(CNC(=O)OCC(C)(C)C)c(N=O)c2c1C[C@H]1C[C@H]3[C@H](N(C)C)C(O)=C(C(N)=O)C(=O)[C@@]3(O)C(O)=C1C2=O. The number of allylic oxidation sites excluding steroid dienone is 1. The lowest BCUT2D eigenvalue weighted by Gasteiger charge is -2.50. The fourth-order valence-electron chi connectivity index (χ4n) is 6.49. The molecule has 4 atom stereocenters. The number of nitrogens with zero attached hydrogens (tertiary/aromatic N) is 3. The second-order valence-corrected chi connectivity index (χ2v) is 13.2. The molecular weight excluding hydrogens is 574 g/mol. The van der Waals surface area contributed by atoms with Crippen LogP contribution < -0.4 is 16.0 Å². The largest absolute Gasteiger partial charge is 0.510 e. The number of likely N-dealkylation sites (N-methyl/N-ethyl adjacent to an activating group) is 1. The van der Waals surface area contributed by atoms with Gasteiger partial charge in [-0.1, -0.05) is 20.8 Å². The van der Waals surface area contributed by atoms with Crippen LogP contribution in [0.15, 0.2) is 33.9 Å². The van der Waals surface area contributed by atoms with E-state index < -0.39 is 64.1 Å². The first-order valence-corrected chi connectivity index (χ1v) is 14.1. The average molecular weight is 614 g/mol. The van der Waals surface area contributed by atoms with Gasteiger partial charge in [-0.3, -0.25) is 19.3 Å². The van der Waals surface area contributed by atoms with E-state index in [0.717, 1.165) is 0 Å². The number of alkyl carbamates (subject to hydrolysis) is 1. The van der Waals surface area contributed by atoms with Crippen LogP contribution in [0.25, 0.3) is 0 Å². The number of hydrogen-bond donors (Lipinski definition) is 5. The second kappa shape index (κ2) is 11.3. The number of carbonyl (C=O) groups excluding carboxylic acids is 4. The minimum Gasteiger partial charge on any atom is -0.510 e. The molecule has 0 heterocycles. The van der Waals surface area contributed by atoms with Crippen molar-refractivity contribution in [2.75, 3.05) is 39.7 Å². The number of nitrogens with one attached hydrogen (secondary N) is 1. The number of nitroso groups, excluding NO2 is 1. The number of amides is 2. The van der Waals surface area contributed by atoms with Crippen LogP contribution in [0.1, 0.15) is 48.7 Å². The summed E-state index contributed by atoms with van der Waals surface area (Å²) in [5.41, 5.74) is 2.02. The molecular formula is C30H39N5O9. The number of aliphatic hydroxyl groups is 3. The quantitative estimate of drug-likeness (QED) is 0.222. The summed E-state index contributed by atoms with van der Waals surface area (Å²) in [7, 11) is 6.60. The van der Waals surface area contributed by atoms with E-state index in [1.807, 2.05) is 20.8 Å². The van der Waals surface area contributed by atoms with Gasteiger partial charge in [0, 0.05) is 43.4 Å². The van der Waals surface area contributed by atoms with Crippen LogP contribution in [0, 0.1) is 22.2 Å². The Hall–Kier alpha value is -4.30. The first-order chi connectivity index (χ1) is 20.4. The van der Waals surface area contributed by atoms with Crippen molar-refractivity contribution < 1.29 is 39.2 Å². The number of anilines is 1. The lowest BCUT2D eigenvalue weighted by atomic mass is 9.58. The van der Waals surface area contributed by atoms with Crippen molar-refractivity contribution in [3.8, 4) is 0 Å². The van der Waals surface area contributed by atoms with Crippen molar-refractivity contribution in [3.63, 3.8) is 0 Å². The summed E-state index contributed by atoms with van der Waals surface area (Å²) in [5.74, 6) is -6.91. The van der Waals surface area contributed by atoms with E-state index in [2.05, 4.69) is 10.5 Å². The molecule has 238 valence electrons. The molecule has 6 N–H and O–H groups in total. The van der Waals surface area contributed by atoms with Crippen LogP contribution >= 0.6 is 0 Å². The number of nitrogens with two attached hydrogens (primary N) is 1. The molecule has 0 aromatic heterocycles. The number of hydrogen-bond acceptors (Lipinski definition) is 12. The molecule has 3 aliphatic carbocycles. The van der Waals surface area contributed by atoms with E-state index in [0.29, 0.717) is 11.3 Å². The Bertz CT molecular complexity index is 1520. The Morgan fingerprint density at radius 1 is 1.18 bits per heavy atom. The Balaban J connectivity index is 1.86. The van der Waals surface area contributed by atoms with Gasteiger partial charge >= 0.3 is 6.09 Å². The summed E-state index contributed by atoms with van der Waals surface area (Å²) < 4.78 is 5.23. The molecule has 0 spiro atoms. The molecule has 14 nitrogen and oxygen atoms in total. The molecule has 0 bridgehead atoms. The van der Waals surface area contributed by atoms with Gasteiger partial charge in [0.1, 0.15) is 22.8 Å². The fraction of sp³-hybridized carbons (Fsp3) is 0.533. The average Bonchev–Trinajstić information content (AvgIpc) is 2.91. The van der Waals surface area contributed by atoms with Crippen LogP contribution in [-0.4, -0.2) is 90.2 Å². The molecule has 0 saturated carbocycles. The molecule has 0 unspecified atom stereocenters. The highest BCUT2D eigenvalue weighted by atomic mass is 16.5. The number of rotatable bonds is 7. The maximum absolute atomic E-state index is 14.2. The van der Waals surface area contributed by atoms with E-state index >= 15 is 0 Å². The number of benzene rings is 1. The summed E-state index contributed by atoms with van der Waals surface area (Å²) in [6.07, 6.45) is -0.655. The zero-order valence-electron chi connectivity index (χ0n) is 25.8. The zero-order chi connectivity index (χ0) is 33.0. The van der Waals surface area contributed by atoms with Gasteiger partial charge in [0.25, 0.3) is 5.91 Å². The zero-order valence-corrected chi connectivity index (χ0v) is 25.8. The summed E-state index contributed by atoms with van der Waals surface area (Å²) in [4.78, 5) is 67.7. The van der Waals surface area contributed by atoms with Gasteiger partial charge in [-0.2, -0.15) is 0 Å². The topological polar surface area (TPSA) is 212 Å². The highest BCUT2D eigenvalue weighted by Crippen LogP contribution is 2.53. The van der Waals surface area contributed by atoms with Crippen molar-refractivity contribution in [3.05, 3.63) is 50.3 Å². The minimum absolute atomic E-state index is 0.0363. The number of ether oxygens (including phenoxy) is 1. The van der Waals surface area contributed by atoms with Crippen LogP contribution in [0.3, 0.4) is 0 Å². The van der Waals surface area contributed by atoms with E-state index in [-0.39, 0.29) is 53.8 Å². The third kappa shape index (κ3) is 5.21. The Kier molecular flexibility index (Phi) is 8.39. The summed E-state index contributed by atoms with van der Waals surface area (Å²) in [5, 5.41) is 40.0. The van der Waals surface area contributed by atoms with Gasteiger partial charge in [-0.15, -0.1) is 4.91 Å². The molecule has 0 radical (unpaired) electrons. The molecule has 4 rings (SSSR count). The van der Waals surface area contributed by atoms with E-state index in [1.54, 1.807) is 39.2 Å². The highest BCUT2D eigenvalue weighted by Gasteiger charge is 2.63. The van der Waals surface area contributed by atoms with E-state index in [4.69, 9.17) is 10.5 Å². The van der Waals surface area contributed by atoms with Crippen LogP contribution in [0.4, 0.5) is 16.2 Å². The van der Waals surface area contributed by atoms with Gasteiger partial charge in [-0.25, -0.2) is 4.79 Å². The van der Waals surface area contributed by atoms with Crippen molar-refractivity contribution >= 4 is 34.9 Å². The normalized spacial score (nSPS) is 24.9. The third-order valence-corrected chi connectivity index (χ3v) is 8.41. The number of primary amides is 1. The maximum Gasteiger partial charge on any atom is 0.407 e. The fourth-order valence-corrected chi connectivity index (χ4v) is 6.49. The molecule has 0 fully saturated rings. The Morgan fingerprint density at radius 2 is 1.82 bits per heavy atom. The molecule has 14 heteroatoms. The van der Waals surface area contributed by atoms with Crippen molar-refractivity contribution in [2.24, 2.45) is 28.2 Å². The Labute approximate surface area is 254 Å². The summed E-state index contributed by atoms with van der Waals surface area (Å²) in [6, 6.07) is 0.550. The minimum atomic E-state index is -2.75. The molecule has 0 saturated heterocycles. The number of carbonyl (C=O) groups is 4. The first-order valence-electron chi connectivity index (χ1n) is 14.1. The molecule has 3 aliphatic rings. The summed E-state index contributed by atoms with van der Waals surface area (Å²) in [6.45, 7) is 5.61. The number of fused-ring (bicyclic) bond motifs is 3. The maximum atomic E-state index is 14.2. The monoisotopic (exact) mass is 613 g/mol. The van der Waals surface area contributed by atoms with Crippen molar-refractivity contribution in [2.45, 2.75) is 51.8 Å². The van der Waals surface area contributed by atoms with Crippen molar-refractivity contribution in [1.82, 2.24) is 10.2 Å². The van der Waals surface area contributed by atoms with Gasteiger partial charge in [-0.05, 0) is 55.1 Å². The van der Waals surface area contributed by atoms with Crippen LogP contribution in [0.2, 0.25) is 0 Å². The smallest absolute Gasteiger partial charge is 0.407 e. The molecule has 2 amide bonds.